The zero-order chi connectivity index (χ0) is 13.1. The number of hydrogen-bond donors (Lipinski definition) is 0. The molecule has 0 unspecified atom stereocenters. The average Bonchev–Trinajstić information content (AvgIpc) is 2.37. The molecule has 1 rings (SSSR count). The first-order chi connectivity index (χ1) is 7.92. The summed E-state index contributed by atoms with van der Waals surface area (Å²) in [5.41, 5.74) is 0.478. The summed E-state index contributed by atoms with van der Waals surface area (Å²) in [5.74, 6) is -0.671. The summed E-state index contributed by atoms with van der Waals surface area (Å²) in [6.45, 7) is 1.56. The highest BCUT2D eigenvalue weighted by Gasteiger charge is 2.13. The highest BCUT2D eigenvalue weighted by atomic mass is 32.2. The fraction of sp³-hybridized carbons (Fsp3) is 0.273. The number of benzene rings is 1. The molecular formula is C11H12N2O3S. The molecule has 0 aliphatic carbocycles. The van der Waals surface area contributed by atoms with Gasteiger partial charge in [0.25, 0.3) is 0 Å². The first-order valence-corrected chi connectivity index (χ1v) is 6.58. The van der Waals surface area contributed by atoms with E-state index in [-0.39, 0.29) is 10.6 Å². The molecule has 0 fully saturated rings. The minimum absolute atomic E-state index is 0.0271. The summed E-state index contributed by atoms with van der Waals surface area (Å²) in [6.07, 6.45) is 0. The lowest BCUT2D eigenvalue weighted by Crippen LogP contribution is -2.24. The average molecular weight is 252 g/mol. The van der Waals surface area contributed by atoms with Crippen LogP contribution in [0.25, 0.3) is 0 Å². The lowest BCUT2D eigenvalue weighted by Gasteiger charge is -2.13. The largest absolute Gasteiger partial charge is 0.329 e. The molecule has 5 nitrogen and oxygen atoms in total. The second kappa shape index (κ2) is 4.97. The lowest BCUT2D eigenvalue weighted by molar-refractivity contribution is -0.113. The van der Waals surface area contributed by atoms with Gasteiger partial charge in [-0.15, -0.1) is 0 Å². The molecule has 0 radical (unpaired) electrons. The summed E-state index contributed by atoms with van der Waals surface area (Å²) in [6, 6.07) is 7.34. The van der Waals surface area contributed by atoms with E-state index in [2.05, 4.69) is 0 Å². The first-order valence-electron chi connectivity index (χ1n) is 4.93. The second-order valence-electron chi connectivity index (χ2n) is 3.37. The Bertz CT molecular complexity index is 555. The van der Waals surface area contributed by atoms with Crippen molar-refractivity contribution in [3.8, 4) is 6.07 Å². The van der Waals surface area contributed by atoms with Crippen LogP contribution in [0, 0.1) is 11.3 Å². The first kappa shape index (κ1) is 13.2. The van der Waals surface area contributed by atoms with Crippen molar-refractivity contribution in [1.82, 2.24) is 0 Å². The van der Waals surface area contributed by atoms with Gasteiger partial charge in [0, 0.05) is 12.7 Å². The van der Waals surface area contributed by atoms with E-state index in [1.54, 1.807) is 6.92 Å². The van der Waals surface area contributed by atoms with Gasteiger partial charge in [-0.25, -0.2) is 8.42 Å². The third-order valence-corrected chi connectivity index (χ3v) is 4.11. The van der Waals surface area contributed by atoms with Crippen molar-refractivity contribution < 1.29 is 13.2 Å². The monoisotopic (exact) mass is 252 g/mol. The minimum Gasteiger partial charge on any atom is -0.303 e. The smallest absolute Gasteiger partial charge is 0.303 e. The molecule has 0 aliphatic heterocycles. The number of carbonyl (C=O) groups is 1. The molecule has 0 saturated heterocycles. The molecule has 1 aromatic carbocycles. The fourth-order valence-corrected chi connectivity index (χ4v) is 2.12. The molecule has 0 atom stereocenters. The quantitative estimate of drug-likeness (QED) is 0.751. The van der Waals surface area contributed by atoms with Crippen LogP contribution in [0.3, 0.4) is 0 Å². The Balaban J connectivity index is 3.06. The van der Waals surface area contributed by atoms with Crippen LogP contribution < -0.4 is 4.90 Å². The van der Waals surface area contributed by atoms with E-state index in [4.69, 9.17) is 5.26 Å². The van der Waals surface area contributed by atoms with Crippen molar-refractivity contribution in [1.29, 1.82) is 5.26 Å². The summed E-state index contributed by atoms with van der Waals surface area (Å²) in [4.78, 5) is 12.5. The number of hydrogen-bond acceptors (Lipinski definition) is 4. The van der Waals surface area contributed by atoms with Gasteiger partial charge >= 0.3 is 5.91 Å². The Morgan fingerprint density at radius 3 is 2.29 bits per heavy atom. The van der Waals surface area contributed by atoms with Crippen LogP contribution in [0.5, 0.6) is 0 Å². The molecule has 0 aromatic heterocycles. The molecule has 17 heavy (non-hydrogen) atoms. The molecule has 1 aromatic rings. The van der Waals surface area contributed by atoms with Crippen LogP contribution in [0.2, 0.25) is 0 Å². The van der Waals surface area contributed by atoms with Gasteiger partial charge in [0.15, 0.2) is 15.9 Å². The molecule has 1 amide bonds. The topological polar surface area (TPSA) is 78.2 Å². The van der Waals surface area contributed by atoms with Crippen LogP contribution in [0.1, 0.15) is 6.92 Å². The van der Waals surface area contributed by atoms with Crippen molar-refractivity contribution >= 4 is 21.4 Å². The van der Waals surface area contributed by atoms with E-state index in [9.17, 15) is 13.2 Å². The van der Waals surface area contributed by atoms with Crippen molar-refractivity contribution in [2.75, 3.05) is 17.7 Å². The number of nitrogens with zero attached hydrogens (tertiary/aromatic N) is 2. The second-order valence-corrected chi connectivity index (χ2v) is 5.65. The highest BCUT2D eigenvalue weighted by molar-refractivity contribution is 7.91. The molecule has 0 bridgehead atoms. The van der Waals surface area contributed by atoms with Gasteiger partial charge in [0.1, 0.15) is 0 Å². The van der Waals surface area contributed by atoms with Gasteiger partial charge in [-0.2, -0.15) is 5.26 Å². The zero-order valence-electron chi connectivity index (χ0n) is 9.54. The SMILES string of the molecule is CCS(=O)(=O)c1ccc(N(C)C(=O)C#N)cc1. The summed E-state index contributed by atoms with van der Waals surface area (Å²) < 4.78 is 23.1. The number of anilines is 1. The summed E-state index contributed by atoms with van der Waals surface area (Å²) in [7, 11) is -1.78. The number of carbonyl (C=O) groups excluding carboxylic acids is 1. The Hall–Kier alpha value is -1.87. The molecule has 6 heteroatoms. The Morgan fingerprint density at radius 2 is 1.88 bits per heavy atom. The van der Waals surface area contributed by atoms with Gasteiger partial charge in [-0.05, 0) is 24.3 Å². The molecule has 0 spiro atoms. The van der Waals surface area contributed by atoms with E-state index in [0.717, 1.165) is 4.90 Å². The third-order valence-electron chi connectivity index (χ3n) is 2.36. The van der Waals surface area contributed by atoms with Crippen molar-refractivity contribution in [2.45, 2.75) is 11.8 Å². The van der Waals surface area contributed by atoms with E-state index in [1.165, 1.54) is 37.4 Å². The Kier molecular flexibility index (Phi) is 3.86. The molecule has 0 heterocycles. The maximum Gasteiger partial charge on any atom is 0.329 e. The van der Waals surface area contributed by atoms with Crippen molar-refractivity contribution in [2.24, 2.45) is 0 Å². The molecular weight excluding hydrogens is 240 g/mol. The van der Waals surface area contributed by atoms with Crippen molar-refractivity contribution in [3.05, 3.63) is 24.3 Å². The van der Waals surface area contributed by atoms with Gasteiger partial charge < -0.3 is 4.90 Å². The number of rotatable bonds is 3. The zero-order valence-corrected chi connectivity index (χ0v) is 10.4. The molecule has 0 N–H and O–H groups in total. The summed E-state index contributed by atoms with van der Waals surface area (Å²) >= 11 is 0. The van der Waals surface area contributed by atoms with E-state index >= 15 is 0 Å². The van der Waals surface area contributed by atoms with E-state index in [0.29, 0.717) is 5.69 Å². The van der Waals surface area contributed by atoms with Gasteiger partial charge in [-0.3, -0.25) is 4.79 Å². The standard InChI is InChI=1S/C11H12N2O3S/c1-3-17(15,16)10-6-4-9(5-7-10)13(2)11(14)8-12/h4-7H,3H2,1-2H3. The Morgan fingerprint density at radius 1 is 1.35 bits per heavy atom. The highest BCUT2D eigenvalue weighted by Crippen LogP contribution is 2.17. The maximum atomic E-state index is 11.5. The lowest BCUT2D eigenvalue weighted by atomic mass is 10.3. The molecule has 0 saturated carbocycles. The Labute approximate surface area is 100 Å². The number of amides is 1. The van der Waals surface area contributed by atoms with Gasteiger partial charge in [-0.1, -0.05) is 6.92 Å². The van der Waals surface area contributed by atoms with Crippen LogP contribution in [0.15, 0.2) is 29.2 Å². The van der Waals surface area contributed by atoms with Crippen molar-refractivity contribution in [3.63, 3.8) is 0 Å². The summed E-state index contributed by atoms with van der Waals surface area (Å²) in [5, 5.41) is 8.45. The van der Waals surface area contributed by atoms with Gasteiger partial charge in [0.05, 0.1) is 10.6 Å². The number of sulfone groups is 1. The fourth-order valence-electron chi connectivity index (χ4n) is 1.24. The predicted octanol–water partition coefficient (Wildman–Crippen LogP) is 0.967. The van der Waals surface area contributed by atoms with Crippen LogP contribution in [-0.4, -0.2) is 27.1 Å². The molecule has 90 valence electrons. The van der Waals surface area contributed by atoms with Crippen LogP contribution in [0.4, 0.5) is 5.69 Å². The van der Waals surface area contributed by atoms with Crippen LogP contribution >= 0.6 is 0 Å². The number of nitriles is 1. The third kappa shape index (κ3) is 2.82. The normalized spacial score (nSPS) is 10.6. The minimum atomic E-state index is -3.23. The maximum absolute atomic E-state index is 11.5. The van der Waals surface area contributed by atoms with Crippen LogP contribution in [-0.2, 0) is 14.6 Å². The molecule has 0 aliphatic rings. The van der Waals surface area contributed by atoms with E-state index in [1.807, 2.05) is 0 Å². The predicted molar refractivity (Wildman–Crippen MR) is 63.2 cm³/mol. The van der Waals surface area contributed by atoms with E-state index < -0.39 is 15.7 Å². The van der Waals surface area contributed by atoms with Gasteiger partial charge in [0.2, 0.25) is 0 Å².